The van der Waals surface area contributed by atoms with Crippen molar-refractivity contribution in [2.75, 3.05) is 26.3 Å². The van der Waals surface area contributed by atoms with E-state index in [1.807, 2.05) is 31.2 Å². The van der Waals surface area contributed by atoms with Gasteiger partial charge >= 0.3 is 5.97 Å². The zero-order valence-electron chi connectivity index (χ0n) is 10.9. The van der Waals surface area contributed by atoms with Crippen molar-refractivity contribution in [3.05, 3.63) is 34.3 Å². The Morgan fingerprint density at radius 3 is 2.63 bits per heavy atom. The van der Waals surface area contributed by atoms with E-state index in [2.05, 4.69) is 20.8 Å². The summed E-state index contributed by atoms with van der Waals surface area (Å²) in [6, 6.07) is 7.83. The topological polar surface area (TPSA) is 49.8 Å². The number of benzene rings is 1. The van der Waals surface area contributed by atoms with Gasteiger partial charge in [-0.3, -0.25) is 9.69 Å². The van der Waals surface area contributed by atoms with Gasteiger partial charge in [0.2, 0.25) is 0 Å². The molecule has 1 aromatic rings. The zero-order chi connectivity index (χ0) is 13.9. The molecule has 0 radical (unpaired) electrons. The molecule has 1 atom stereocenters. The second-order valence-corrected chi connectivity index (χ2v) is 5.78. The molecule has 1 saturated heterocycles. The Morgan fingerprint density at radius 2 is 2.05 bits per heavy atom. The fraction of sp³-hybridized carbons (Fsp3) is 0.500. The van der Waals surface area contributed by atoms with E-state index >= 15 is 0 Å². The van der Waals surface area contributed by atoms with Crippen molar-refractivity contribution >= 4 is 21.9 Å². The van der Waals surface area contributed by atoms with Gasteiger partial charge in [-0.2, -0.15) is 0 Å². The van der Waals surface area contributed by atoms with Crippen LogP contribution in [-0.2, 0) is 15.1 Å². The standard InChI is InChI=1S/C14H18BrNO3/c1-14(10-13(17)18,16-6-8-19-9-7-16)11-4-2-3-5-12(11)15/h2-5H,6-10H2,1H3,(H,17,18). The molecule has 5 heteroatoms. The summed E-state index contributed by atoms with van der Waals surface area (Å²) in [6.45, 7) is 4.81. The van der Waals surface area contributed by atoms with E-state index in [-0.39, 0.29) is 6.42 Å². The van der Waals surface area contributed by atoms with E-state index in [1.165, 1.54) is 0 Å². The lowest BCUT2D eigenvalue weighted by atomic mass is 9.86. The van der Waals surface area contributed by atoms with Gasteiger partial charge in [-0.1, -0.05) is 34.1 Å². The summed E-state index contributed by atoms with van der Waals surface area (Å²) < 4.78 is 6.31. The molecule has 1 aromatic carbocycles. The van der Waals surface area contributed by atoms with E-state index in [0.717, 1.165) is 23.1 Å². The van der Waals surface area contributed by atoms with Gasteiger partial charge in [-0.05, 0) is 18.6 Å². The monoisotopic (exact) mass is 327 g/mol. The lowest BCUT2D eigenvalue weighted by molar-refractivity contribution is -0.141. The molecule has 0 bridgehead atoms. The third kappa shape index (κ3) is 3.16. The van der Waals surface area contributed by atoms with Crippen LogP contribution in [0.5, 0.6) is 0 Å². The molecule has 1 aliphatic heterocycles. The molecule has 1 unspecified atom stereocenters. The van der Waals surface area contributed by atoms with Crippen LogP contribution in [0.25, 0.3) is 0 Å². The average molecular weight is 328 g/mol. The van der Waals surface area contributed by atoms with Crippen molar-refractivity contribution in [1.82, 2.24) is 4.90 Å². The number of halogens is 1. The van der Waals surface area contributed by atoms with E-state index in [9.17, 15) is 9.90 Å². The van der Waals surface area contributed by atoms with Crippen molar-refractivity contribution < 1.29 is 14.6 Å². The van der Waals surface area contributed by atoms with Gasteiger partial charge < -0.3 is 9.84 Å². The van der Waals surface area contributed by atoms with Crippen LogP contribution in [0.15, 0.2) is 28.7 Å². The third-order valence-corrected chi connectivity index (χ3v) is 4.35. The van der Waals surface area contributed by atoms with Crippen molar-refractivity contribution in [3.63, 3.8) is 0 Å². The van der Waals surface area contributed by atoms with Crippen LogP contribution < -0.4 is 0 Å². The Hall–Kier alpha value is -0.910. The molecular weight excluding hydrogens is 310 g/mol. The van der Waals surface area contributed by atoms with Crippen LogP contribution in [0.3, 0.4) is 0 Å². The number of hydrogen-bond acceptors (Lipinski definition) is 3. The number of carboxylic acids is 1. The summed E-state index contributed by atoms with van der Waals surface area (Å²) in [6.07, 6.45) is 0.0790. The maximum atomic E-state index is 11.3. The molecule has 104 valence electrons. The molecule has 2 rings (SSSR count). The second kappa shape index (κ2) is 6.03. The molecule has 4 nitrogen and oxygen atoms in total. The number of carbonyl (C=O) groups is 1. The van der Waals surface area contributed by atoms with E-state index in [4.69, 9.17) is 4.74 Å². The molecule has 0 spiro atoms. The highest BCUT2D eigenvalue weighted by Gasteiger charge is 2.38. The maximum absolute atomic E-state index is 11.3. The van der Waals surface area contributed by atoms with Crippen LogP contribution in [0, 0.1) is 0 Å². The average Bonchev–Trinajstić information content (AvgIpc) is 2.39. The van der Waals surface area contributed by atoms with Gasteiger partial charge in [0.15, 0.2) is 0 Å². The van der Waals surface area contributed by atoms with Gasteiger partial charge in [-0.25, -0.2) is 0 Å². The van der Waals surface area contributed by atoms with Crippen molar-refractivity contribution in [2.24, 2.45) is 0 Å². The fourth-order valence-corrected chi connectivity index (χ4v) is 3.34. The number of rotatable bonds is 4. The molecule has 0 aromatic heterocycles. The number of morpholine rings is 1. The van der Waals surface area contributed by atoms with Gasteiger partial charge in [0.05, 0.1) is 25.2 Å². The minimum absolute atomic E-state index is 0.0790. The number of hydrogen-bond donors (Lipinski definition) is 1. The summed E-state index contributed by atoms with van der Waals surface area (Å²) in [7, 11) is 0. The van der Waals surface area contributed by atoms with Crippen LogP contribution in [0.2, 0.25) is 0 Å². The minimum atomic E-state index is -0.787. The molecule has 1 fully saturated rings. The number of carboxylic acid groups (broad SMARTS) is 1. The molecule has 1 N–H and O–H groups in total. The highest BCUT2D eigenvalue weighted by Crippen LogP contribution is 2.36. The van der Waals surface area contributed by atoms with Gasteiger partial charge in [-0.15, -0.1) is 0 Å². The number of aliphatic carboxylic acids is 1. The Labute approximate surface area is 121 Å². The number of nitrogens with zero attached hydrogens (tertiary/aromatic N) is 1. The molecule has 1 aliphatic rings. The molecule has 0 aliphatic carbocycles. The highest BCUT2D eigenvalue weighted by atomic mass is 79.9. The van der Waals surface area contributed by atoms with Crippen molar-refractivity contribution in [1.29, 1.82) is 0 Å². The molecule has 19 heavy (non-hydrogen) atoms. The molecular formula is C14H18BrNO3. The first-order valence-electron chi connectivity index (χ1n) is 6.33. The largest absolute Gasteiger partial charge is 0.481 e. The van der Waals surface area contributed by atoms with Gasteiger partial charge in [0.1, 0.15) is 0 Å². The highest BCUT2D eigenvalue weighted by molar-refractivity contribution is 9.10. The van der Waals surface area contributed by atoms with Crippen LogP contribution in [0.4, 0.5) is 0 Å². The molecule has 0 amide bonds. The quantitative estimate of drug-likeness (QED) is 0.923. The van der Waals surface area contributed by atoms with Crippen molar-refractivity contribution in [3.8, 4) is 0 Å². The predicted molar refractivity (Wildman–Crippen MR) is 76.1 cm³/mol. The van der Waals surface area contributed by atoms with Crippen LogP contribution in [-0.4, -0.2) is 42.3 Å². The first-order valence-corrected chi connectivity index (χ1v) is 7.13. The number of ether oxygens (including phenoxy) is 1. The van der Waals surface area contributed by atoms with Gasteiger partial charge in [0, 0.05) is 17.6 Å². The normalized spacial score (nSPS) is 19.9. The first-order chi connectivity index (χ1) is 9.04. The summed E-state index contributed by atoms with van der Waals surface area (Å²) >= 11 is 3.54. The Morgan fingerprint density at radius 1 is 1.42 bits per heavy atom. The Bertz CT molecular complexity index is 460. The minimum Gasteiger partial charge on any atom is -0.481 e. The van der Waals surface area contributed by atoms with E-state index in [1.54, 1.807) is 0 Å². The molecule has 0 saturated carbocycles. The SMILES string of the molecule is CC(CC(=O)O)(c1ccccc1Br)N1CCOCC1. The second-order valence-electron chi connectivity index (χ2n) is 4.92. The van der Waals surface area contributed by atoms with Crippen LogP contribution in [0.1, 0.15) is 18.9 Å². The summed E-state index contributed by atoms with van der Waals surface area (Å²) in [5.74, 6) is -0.787. The first kappa shape index (κ1) is 14.5. The van der Waals surface area contributed by atoms with Crippen molar-refractivity contribution in [2.45, 2.75) is 18.9 Å². The lowest BCUT2D eigenvalue weighted by Crippen LogP contribution is -2.50. The Balaban J connectivity index is 2.38. The fourth-order valence-electron chi connectivity index (χ4n) is 2.63. The third-order valence-electron chi connectivity index (χ3n) is 3.66. The predicted octanol–water partition coefficient (Wildman–Crippen LogP) is 2.47. The smallest absolute Gasteiger partial charge is 0.305 e. The van der Waals surface area contributed by atoms with E-state index in [0.29, 0.717) is 13.2 Å². The summed E-state index contributed by atoms with van der Waals surface area (Å²) in [5.41, 5.74) is 0.495. The van der Waals surface area contributed by atoms with Crippen LogP contribution >= 0.6 is 15.9 Å². The zero-order valence-corrected chi connectivity index (χ0v) is 12.5. The molecule has 1 heterocycles. The lowest BCUT2D eigenvalue weighted by Gasteiger charge is -2.43. The summed E-state index contributed by atoms with van der Waals surface area (Å²) in [5, 5.41) is 9.26. The summed E-state index contributed by atoms with van der Waals surface area (Å²) in [4.78, 5) is 13.5. The van der Waals surface area contributed by atoms with E-state index < -0.39 is 11.5 Å². The van der Waals surface area contributed by atoms with Gasteiger partial charge in [0.25, 0.3) is 0 Å². The maximum Gasteiger partial charge on any atom is 0.305 e. The Kier molecular flexibility index (Phi) is 4.60.